The molecule has 0 unspecified atom stereocenters. The molecule has 0 saturated carbocycles. The number of halogens is 1. The van der Waals surface area contributed by atoms with Gasteiger partial charge >= 0.3 is 5.19 Å². The first-order valence-corrected chi connectivity index (χ1v) is 2.83. The molecule has 0 aliphatic carbocycles. The Morgan fingerprint density at radius 1 is 1.89 bits per heavy atom. The van der Waals surface area contributed by atoms with Crippen molar-refractivity contribution in [1.82, 2.24) is 4.98 Å². The van der Waals surface area contributed by atoms with Crippen molar-refractivity contribution in [3.05, 3.63) is 11.1 Å². The van der Waals surface area contributed by atoms with E-state index in [-0.39, 0.29) is 5.19 Å². The first kappa shape index (κ1) is 5.98. The van der Waals surface area contributed by atoms with Gasteiger partial charge in [-0.1, -0.05) is 11.3 Å². The highest BCUT2D eigenvalue weighted by atomic mass is 32.1. The van der Waals surface area contributed by atoms with E-state index < -0.39 is 0 Å². The summed E-state index contributed by atoms with van der Waals surface area (Å²) in [6.07, 6.45) is 1.25. The van der Waals surface area contributed by atoms with Crippen molar-refractivity contribution >= 4 is 11.3 Å². The number of rotatable bonds is 1. The molecule has 0 saturated heterocycles. The highest BCUT2D eigenvalue weighted by Gasteiger charge is 2.00. The average molecular weight is 144 g/mol. The quantitative estimate of drug-likeness (QED) is 0.596. The summed E-state index contributed by atoms with van der Waals surface area (Å²) in [5.74, 6) is 0. The number of hydrogen-bond acceptors (Lipinski definition) is 4. The van der Waals surface area contributed by atoms with Crippen molar-refractivity contribution in [3.8, 4) is 11.3 Å². The van der Waals surface area contributed by atoms with Gasteiger partial charge in [-0.25, -0.2) is 4.98 Å². The van der Waals surface area contributed by atoms with E-state index in [0.717, 1.165) is 11.3 Å². The normalized spacial score (nSPS) is 8.44. The molecule has 1 aromatic heterocycles. The van der Waals surface area contributed by atoms with E-state index in [4.69, 9.17) is 5.26 Å². The standard InChI is InChI=1S/C4HFN2OS/c5-8-4-7-2-3(1-6)9-4/h2H. The molecule has 0 N–H and O–H groups in total. The molecule has 0 spiro atoms. The van der Waals surface area contributed by atoms with E-state index in [2.05, 4.69) is 9.93 Å². The SMILES string of the molecule is N#Cc1cnc(OF)s1. The van der Waals surface area contributed by atoms with Crippen LogP contribution in [0.25, 0.3) is 0 Å². The molecule has 1 heterocycles. The van der Waals surface area contributed by atoms with Crippen LogP contribution in [0.15, 0.2) is 6.20 Å². The van der Waals surface area contributed by atoms with Crippen molar-refractivity contribution in [2.75, 3.05) is 0 Å². The minimum Gasteiger partial charge on any atom is -0.262 e. The van der Waals surface area contributed by atoms with Gasteiger partial charge in [0.2, 0.25) is 0 Å². The topological polar surface area (TPSA) is 45.9 Å². The third-order valence-electron chi connectivity index (χ3n) is 0.661. The predicted molar refractivity (Wildman–Crippen MR) is 28.6 cm³/mol. The van der Waals surface area contributed by atoms with Gasteiger partial charge in [0.25, 0.3) is 0 Å². The van der Waals surface area contributed by atoms with Gasteiger partial charge in [-0.2, -0.15) is 5.26 Å². The predicted octanol–water partition coefficient (Wildman–Crippen LogP) is 1.28. The maximum atomic E-state index is 11.2. The molecule has 46 valence electrons. The average Bonchev–Trinajstić information content (AvgIpc) is 2.34. The summed E-state index contributed by atoms with van der Waals surface area (Å²) in [4.78, 5) is 6.99. The number of hydrogen-bond donors (Lipinski definition) is 0. The van der Waals surface area contributed by atoms with Crippen LogP contribution in [0.5, 0.6) is 5.19 Å². The second-order valence-corrected chi connectivity index (χ2v) is 2.17. The van der Waals surface area contributed by atoms with Crippen LogP contribution in [-0.4, -0.2) is 4.98 Å². The number of nitrogens with zero attached hydrogens (tertiary/aromatic N) is 2. The Kier molecular flexibility index (Phi) is 1.60. The Hall–Kier alpha value is -1.15. The Labute approximate surface area is 54.2 Å². The summed E-state index contributed by atoms with van der Waals surface area (Å²) < 4.78 is 11.2. The van der Waals surface area contributed by atoms with Gasteiger partial charge in [0, 0.05) is 4.53 Å². The van der Waals surface area contributed by atoms with Gasteiger partial charge in [-0.3, -0.25) is 4.94 Å². The van der Waals surface area contributed by atoms with Crippen molar-refractivity contribution in [2.45, 2.75) is 0 Å². The van der Waals surface area contributed by atoms with Gasteiger partial charge in [-0.15, -0.1) is 0 Å². The Bertz CT molecular complexity index is 241. The molecule has 0 atom stereocenters. The van der Waals surface area contributed by atoms with Gasteiger partial charge in [-0.05, 0) is 0 Å². The molecule has 0 amide bonds. The van der Waals surface area contributed by atoms with E-state index in [0.29, 0.717) is 4.88 Å². The highest BCUT2D eigenvalue weighted by Crippen LogP contribution is 2.18. The maximum absolute atomic E-state index is 11.2. The van der Waals surface area contributed by atoms with Crippen LogP contribution in [0.4, 0.5) is 4.53 Å². The molecule has 0 aromatic carbocycles. The summed E-state index contributed by atoms with van der Waals surface area (Å²) in [5.41, 5.74) is 0. The highest BCUT2D eigenvalue weighted by molar-refractivity contribution is 7.13. The fraction of sp³-hybridized carbons (Fsp3) is 0. The summed E-state index contributed by atoms with van der Waals surface area (Å²) in [6, 6.07) is 1.79. The van der Waals surface area contributed by atoms with Crippen molar-refractivity contribution < 1.29 is 9.47 Å². The smallest absolute Gasteiger partial charge is 0.262 e. The number of nitriles is 1. The van der Waals surface area contributed by atoms with Crippen LogP contribution in [0.3, 0.4) is 0 Å². The molecular formula is C4HFN2OS. The van der Waals surface area contributed by atoms with Crippen LogP contribution in [0, 0.1) is 11.3 Å². The molecule has 0 fully saturated rings. The zero-order chi connectivity index (χ0) is 6.69. The first-order chi connectivity index (χ1) is 4.36. The lowest BCUT2D eigenvalue weighted by Gasteiger charge is -1.76. The lowest BCUT2D eigenvalue weighted by molar-refractivity contribution is -0.00644. The molecular weight excluding hydrogens is 143 g/mol. The summed E-state index contributed by atoms with van der Waals surface area (Å²) in [5, 5.41) is 8.06. The summed E-state index contributed by atoms with van der Waals surface area (Å²) >= 11 is 0.863. The fourth-order valence-electron chi connectivity index (χ4n) is 0.345. The maximum Gasteiger partial charge on any atom is 0.320 e. The second-order valence-electron chi connectivity index (χ2n) is 1.18. The molecule has 9 heavy (non-hydrogen) atoms. The second kappa shape index (κ2) is 2.42. The van der Waals surface area contributed by atoms with Gasteiger partial charge < -0.3 is 0 Å². The van der Waals surface area contributed by atoms with Crippen LogP contribution in [-0.2, 0) is 0 Å². The van der Waals surface area contributed by atoms with Crippen LogP contribution >= 0.6 is 11.3 Å². The molecule has 0 radical (unpaired) electrons. The number of thiazole rings is 1. The van der Waals surface area contributed by atoms with E-state index in [1.54, 1.807) is 6.07 Å². The molecule has 1 aromatic rings. The molecule has 1 rings (SSSR count). The summed E-state index contributed by atoms with van der Waals surface area (Å²) in [7, 11) is 0. The minimum atomic E-state index is -0.133. The zero-order valence-electron chi connectivity index (χ0n) is 4.17. The van der Waals surface area contributed by atoms with Crippen molar-refractivity contribution in [2.24, 2.45) is 0 Å². The molecule has 3 nitrogen and oxygen atoms in total. The van der Waals surface area contributed by atoms with E-state index in [1.807, 2.05) is 0 Å². The van der Waals surface area contributed by atoms with Crippen molar-refractivity contribution in [3.63, 3.8) is 0 Å². The summed E-state index contributed by atoms with van der Waals surface area (Å²) in [6.45, 7) is 0. The zero-order valence-corrected chi connectivity index (χ0v) is 4.98. The van der Waals surface area contributed by atoms with E-state index >= 15 is 0 Å². The van der Waals surface area contributed by atoms with E-state index in [9.17, 15) is 4.53 Å². The third-order valence-corrected chi connectivity index (χ3v) is 1.42. The number of aromatic nitrogens is 1. The van der Waals surface area contributed by atoms with Gasteiger partial charge in [0.15, 0.2) is 0 Å². The first-order valence-electron chi connectivity index (χ1n) is 2.01. The largest absolute Gasteiger partial charge is 0.320 e. The van der Waals surface area contributed by atoms with Crippen LogP contribution in [0.2, 0.25) is 0 Å². The van der Waals surface area contributed by atoms with Gasteiger partial charge in [0.05, 0.1) is 6.20 Å². The van der Waals surface area contributed by atoms with Crippen LogP contribution < -0.4 is 4.94 Å². The molecule has 0 aliphatic rings. The lowest BCUT2D eigenvalue weighted by atomic mass is 10.6. The van der Waals surface area contributed by atoms with Crippen molar-refractivity contribution in [1.29, 1.82) is 5.26 Å². The minimum absolute atomic E-state index is 0.133. The Morgan fingerprint density at radius 3 is 3.00 bits per heavy atom. The third kappa shape index (κ3) is 1.15. The van der Waals surface area contributed by atoms with Gasteiger partial charge in [0.1, 0.15) is 10.9 Å². The Balaban J connectivity index is 2.90. The Morgan fingerprint density at radius 2 is 2.67 bits per heavy atom. The monoisotopic (exact) mass is 144 g/mol. The fourth-order valence-corrected chi connectivity index (χ4v) is 0.822. The molecule has 0 aliphatic heterocycles. The van der Waals surface area contributed by atoms with Crippen LogP contribution in [0.1, 0.15) is 4.88 Å². The van der Waals surface area contributed by atoms with E-state index in [1.165, 1.54) is 6.20 Å². The lowest BCUT2D eigenvalue weighted by Crippen LogP contribution is -1.68. The molecule has 5 heteroatoms. The molecule has 0 bridgehead atoms.